The number of rotatable bonds is 5. The first kappa shape index (κ1) is 30.0. The van der Waals surface area contributed by atoms with Crippen molar-refractivity contribution in [3.8, 4) is 0 Å². The third kappa shape index (κ3) is 3.77. The highest BCUT2D eigenvalue weighted by atomic mass is 16.6. The van der Waals surface area contributed by atoms with Gasteiger partial charge >= 0.3 is 17.9 Å². The van der Waals surface area contributed by atoms with Crippen LogP contribution in [0, 0.1) is 28.6 Å². The Bertz CT molecular complexity index is 1370. The number of carbonyl (C=O) groups excluding carboxylic acids is 4. The van der Waals surface area contributed by atoms with Gasteiger partial charge in [0, 0.05) is 29.6 Å². The number of aliphatic hydroxyl groups excluding tert-OH is 2. The van der Waals surface area contributed by atoms with Crippen molar-refractivity contribution in [1.82, 2.24) is 0 Å². The Morgan fingerprint density at radius 2 is 1.88 bits per heavy atom. The van der Waals surface area contributed by atoms with Gasteiger partial charge < -0.3 is 33.6 Å². The summed E-state index contributed by atoms with van der Waals surface area (Å²) >= 11 is 0. The fourth-order valence-electron chi connectivity index (χ4n) is 9.20. The van der Waals surface area contributed by atoms with Crippen LogP contribution in [0.25, 0.3) is 0 Å². The van der Waals surface area contributed by atoms with Gasteiger partial charge in [0.25, 0.3) is 0 Å². The zero-order valence-corrected chi connectivity index (χ0v) is 25.2. The summed E-state index contributed by atoms with van der Waals surface area (Å²) in [5.41, 5.74) is -4.61. The Morgan fingerprint density at radius 1 is 1.16 bits per heavy atom. The first-order valence-electron chi connectivity index (χ1n) is 15.0. The van der Waals surface area contributed by atoms with Crippen LogP contribution in [0.3, 0.4) is 0 Å². The molecule has 2 saturated carbocycles. The van der Waals surface area contributed by atoms with Crippen molar-refractivity contribution in [3.63, 3.8) is 0 Å². The number of cyclic esters (lactones) is 1. The third-order valence-electron chi connectivity index (χ3n) is 11.7. The Labute approximate surface area is 249 Å². The van der Waals surface area contributed by atoms with E-state index in [4.69, 9.17) is 23.4 Å². The molecule has 234 valence electrons. The standard InChI is InChI=1S/C32H40O11/c1-7-15(2)25(36)28(38)41-27-26(37)24-16(3)32(20(33)10-18(31(27,32)6)17-8-9-39-13-17)42-21-12-23(35)43-29(4)14-40-22(34)11-19(29)30(21,24)5/h8-9,13,15,18-19,21,24-27,36-37H,3,7,10-12,14H2,1-2,4-6H3. The maximum Gasteiger partial charge on any atom is 0.335 e. The molecule has 2 aliphatic carbocycles. The molecule has 2 N–H and O–H groups in total. The van der Waals surface area contributed by atoms with E-state index in [2.05, 4.69) is 6.58 Å². The Morgan fingerprint density at radius 3 is 2.53 bits per heavy atom. The number of fused-ring (bicyclic) bond motifs is 5. The van der Waals surface area contributed by atoms with Gasteiger partial charge in [-0.3, -0.25) is 14.4 Å². The molecule has 0 radical (unpaired) electrons. The quantitative estimate of drug-likeness (QED) is 0.291. The van der Waals surface area contributed by atoms with Crippen LogP contribution in [0.2, 0.25) is 0 Å². The second-order valence-corrected chi connectivity index (χ2v) is 13.8. The van der Waals surface area contributed by atoms with Gasteiger partial charge in [0.15, 0.2) is 17.5 Å². The lowest BCUT2D eigenvalue weighted by Gasteiger charge is -2.67. The molecule has 0 amide bonds. The monoisotopic (exact) mass is 600 g/mol. The van der Waals surface area contributed by atoms with Crippen LogP contribution < -0.4 is 0 Å². The molecule has 5 aliphatic rings. The fraction of sp³-hybridized carbons (Fsp3) is 0.688. The number of furan rings is 1. The molecule has 1 spiro atoms. The Kier molecular flexibility index (Phi) is 6.80. The second kappa shape index (κ2) is 9.74. The van der Waals surface area contributed by atoms with Crippen molar-refractivity contribution in [3.05, 3.63) is 36.3 Å². The average molecular weight is 601 g/mol. The Balaban J connectivity index is 1.56. The minimum atomic E-state index is -1.76. The van der Waals surface area contributed by atoms with Crippen LogP contribution in [0.4, 0.5) is 0 Å². The summed E-state index contributed by atoms with van der Waals surface area (Å²) in [5.74, 6) is -4.98. The lowest BCUT2D eigenvalue weighted by atomic mass is 9.44. The minimum Gasteiger partial charge on any atom is -0.472 e. The number of Topliss-reactive ketones (excluding diaryl/α,β-unsaturated/α-hetero) is 1. The Hall–Kier alpha value is -3.02. The van der Waals surface area contributed by atoms with Crippen LogP contribution in [-0.4, -0.2) is 76.1 Å². The summed E-state index contributed by atoms with van der Waals surface area (Å²) in [5, 5.41) is 23.3. The van der Waals surface area contributed by atoms with Crippen molar-refractivity contribution >= 4 is 23.7 Å². The SMILES string of the molecule is C=C1C2C(O)C(OC(=O)C(O)C(C)CC)C3(C)C(c4ccoc4)CC(=O)C13OC1CC(=O)OC3(C)COC(=O)CC3C12C. The topological polar surface area (TPSA) is 159 Å². The van der Waals surface area contributed by atoms with E-state index >= 15 is 0 Å². The van der Waals surface area contributed by atoms with E-state index < -0.39 is 88.0 Å². The zero-order chi connectivity index (χ0) is 31.3. The molecule has 3 saturated heterocycles. The smallest absolute Gasteiger partial charge is 0.335 e. The molecular weight excluding hydrogens is 560 g/mol. The molecule has 2 bridgehead atoms. The molecule has 12 unspecified atom stereocenters. The first-order valence-corrected chi connectivity index (χ1v) is 15.0. The third-order valence-corrected chi connectivity index (χ3v) is 11.7. The van der Waals surface area contributed by atoms with Gasteiger partial charge in [0.2, 0.25) is 0 Å². The number of carbonyl (C=O) groups is 4. The summed E-state index contributed by atoms with van der Waals surface area (Å²) in [6, 6.07) is 1.71. The molecule has 0 aromatic carbocycles. The second-order valence-electron chi connectivity index (χ2n) is 13.8. The molecular formula is C32H40O11. The predicted octanol–water partition coefficient (Wildman–Crippen LogP) is 2.62. The molecule has 5 fully saturated rings. The van der Waals surface area contributed by atoms with Gasteiger partial charge in [0.1, 0.15) is 18.3 Å². The number of ketones is 1. The van der Waals surface area contributed by atoms with Gasteiger partial charge in [-0.05, 0) is 30.0 Å². The summed E-state index contributed by atoms with van der Waals surface area (Å²) in [6.45, 7) is 13.0. The van der Waals surface area contributed by atoms with Crippen molar-refractivity contribution in [2.75, 3.05) is 6.61 Å². The van der Waals surface area contributed by atoms with Crippen LogP contribution in [-0.2, 0) is 38.1 Å². The van der Waals surface area contributed by atoms with Crippen molar-refractivity contribution in [2.24, 2.45) is 28.6 Å². The number of hydrogen-bond donors (Lipinski definition) is 2. The number of esters is 3. The van der Waals surface area contributed by atoms with Gasteiger partial charge in [-0.15, -0.1) is 0 Å². The first-order chi connectivity index (χ1) is 20.2. The van der Waals surface area contributed by atoms with E-state index in [-0.39, 0.29) is 31.7 Å². The normalized spacial score (nSPS) is 45.1. The maximum absolute atomic E-state index is 14.4. The largest absolute Gasteiger partial charge is 0.472 e. The number of hydrogen-bond acceptors (Lipinski definition) is 11. The zero-order valence-electron chi connectivity index (χ0n) is 25.2. The predicted molar refractivity (Wildman–Crippen MR) is 147 cm³/mol. The average Bonchev–Trinajstić information content (AvgIpc) is 3.54. The van der Waals surface area contributed by atoms with E-state index in [0.717, 1.165) is 0 Å². The van der Waals surface area contributed by atoms with E-state index in [1.165, 1.54) is 12.5 Å². The molecule has 43 heavy (non-hydrogen) atoms. The summed E-state index contributed by atoms with van der Waals surface area (Å²) in [7, 11) is 0. The molecule has 11 heteroatoms. The van der Waals surface area contributed by atoms with E-state index in [1.54, 1.807) is 26.8 Å². The number of aliphatic hydroxyl groups is 2. The molecule has 4 heterocycles. The highest BCUT2D eigenvalue weighted by Crippen LogP contribution is 2.72. The van der Waals surface area contributed by atoms with Gasteiger partial charge in [-0.2, -0.15) is 0 Å². The van der Waals surface area contributed by atoms with Crippen LogP contribution in [0.1, 0.15) is 71.8 Å². The fourth-order valence-corrected chi connectivity index (χ4v) is 9.20. The van der Waals surface area contributed by atoms with E-state index in [1.807, 2.05) is 13.8 Å². The lowest BCUT2D eigenvalue weighted by Crippen LogP contribution is -2.76. The highest BCUT2D eigenvalue weighted by molar-refractivity contribution is 5.97. The van der Waals surface area contributed by atoms with Gasteiger partial charge in [-0.1, -0.05) is 40.7 Å². The maximum atomic E-state index is 14.4. The number of ether oxygens (including phenoxy) is 4. The molecule has 1 aromatic heterocycles. The molecule has 6 rings (SSSR count). The summed E-state index contributed by atoms with van der Waals surface area (Å²) in [4.78, 5) is 53.8. The van der Waals surface area contributed by atoms with E-state index in [0.29, 0.717) is 17.6 Å². The molecule has 11 nitrogen and oxygen atoms in total. The summed E-state index contributed by atoms with van der Waals surface area (Å²) in [6.07, 6.45) is -2.08. The van der Waals surface area contributed by atoms with E-state index in [9.17, 15) is 29.4 Å². The summed E-state index contributed by atoms with van der Waals surface area (Å²) < 4.78 is 29.6. The lowest BCUT2D eigenvalue weighted by molar-refractivity contribution is -0.296. The van der Waals surface area contributed by atoms with Gasteiger partial charge in [-0.25, -0.2) is 4.79 Å². The van der Waals surface area contributed by atoms with Crippen LogP contribution >= 0.6 is 0 Å². The molecule has 12 atom stereocenters. The van der Waals surface area contributed by atoms with Crippen molar-refractivity contribution in [2.45, 2.75) is 102 Å². The highest BCUT2D eigenvalue weighted by Gasteiger charge is 2.81. The van der Waals surface area contributed by atoms with Crippen LogP contribution in [0.15, 0.2) is 35.2 Å². The van der Waals surface area contributed by atoms with Crippen molar-refractivity contribution in [1.29, 1.82) is 0 Å². The minimum absolute atomic E-state index is 0.0299. The van der Waals surface area contributed by atoms with Gasteiger partial charge in [0.05, 0.1) is 43.0 Å². The molecule has 1 aromatic rings. The van der Waals surface area contributed by atoms with Crippen molar-refractivity contribution < 1.29 is 52.8 Å². The van der Waals surface area contributed by atoms with Crippen LogP contribution in [0.5, 0.6) is 0 Å². The molecule has 3 aliphatic heterocycles.